The molecule has 5 atom stereocenters. The molecular weight excluding hydrogens is 330 g/mol. The molecule has 2 rings (SSSR count). The van der Waals surface area contributed by atoms with E-state index in [9.17, 15) is 24.6 Å². The van der Waals surface area contributed by atoms with E-state index in [4.69, 9.17) is 15.6 Å². The number of hydrogen-bond donors (Lipinski definition) is 5. The number of carbonyl (C=O) groups excluding carboxylic acids is 1. The Bertz CT molecular complexity index is 675. The van der Waals surface area contributed by atoms with Crippen molar-refractivity contribution in [3.63, 3.8) is 0 Å². The van der Waals surface area contributed by atoms with Crippen molar-refractivity contribution in [2.45, 2.75) is 28.9 Å². The van der Waals surface area contributed by atoms with Gasteiger partial charge in [-0.05, 0) is 0 Å². The Labute approximate surface area is 133 Å². The molecule has 2 unspecified atom stereocenters. The van der Waals surface area contributed by atoms with E-state index in [1.54, 1.807) is 0 Å². The SMILES string of the molecule is N[C@H](CO)C(=O)OC[C@H]1S[C@@H](n2ccc(=O)[nH]c2=O)C(O)C1O. The second-order valence-electron chi connectivity index (χ2n) is 4.98. The van der Waals surface area contributed by atoms with Gasteiger partial charge in [0.25, 0.3) is 5.56 Å². The van der Waals surface area contributed by atoms with Gasteiger partial charge in [-0.3, -0.25) is 19.1 Å². The molecule has 0 bridgehead atoms. The van der Waals surface area contributed by atoms with Crippen LogP contribution in [0.2, 0.25) is 0 Å². The van der Waals surface area contributed by atoms with Crippen molar-refractivity contribution in [3.05, 3.63) is 33.1 Å². The smallest absolute Gasteiger partial charge is 0.329 e. The molecular formula is C12H17N3O7S. The molecule has 1 aromatic heterocycles. The number of nitrogens with zero attached hydrogens (tertiary/aromatic N) is 1. The van der Waals surface area contributed by atoms with Crippen molar-refractivity contribution in [2.24, 2.45) is 5.73 Å². The van der Waals surface area contributed by atoms with Crippen molar-refractivity contribution < 1.29 is 24.9 Å². The third-order valence-corrected chi connectivity index (χ3v) is 4.90. The summed E-state index contributed by atoms with van der Waals surface area (Å²) in [5.41, 5.74) is 4.00. The number of aromatic amines is 1. The zero-order valence-electron chi connectivity index (χ0n) is 11.9. The van der Waals surface area contributed by atoms with Gasteiger partial charge in [0.1, 0.15) is 24.1 Å². The topological polar surface area (TPSA) is 168 Å². The predicted molar refractivity (Wildman–Crippen MR) is 79.8 cm³/mol. The predicted octanol–water partition coefficient (Wildman–Crippen LogP) is -3.26. The van der Waals surface area contributed by atoms with Gasteiger partial charge in [-0.25, -0.2) is 4.79 Å². The van der Waals surface area contributed by atoms with Crippen LogP contribution in [0.3, 0.4) is 0 Å². The summed E-state index contributed by atoms with van der Waals surface area (Å²) in [5.74, 6) is -0.834. The lowest BCUT2D eigenvalue weighted by molar-refractivity contribution is -0.146. The van der Waals surface area contributed by atoms with Crippen LogP contribution in [0.25, 0.3) is 0 Å². The fourth-order valence-electron chi connectivity index (χ4n) is 2.07. The number of carbonyl (C=O) groups is 1. The number of ether oxygens (including phenoxy) is 1. The number of aliphatic hydroxyl groups is 3. The third kappa shape index (κ3) is 3.82. The van der Waals surface area contributed by atoms with E-state index in [2.05, 4.69) is 4.98 Å². The quantitative estimate of drug-likeness (QED) is 0.343. The molecule has 1 aliphatic rings. The second-order valence-corrected chi connectivity index (χ2v) is 6.34. The van der Waals surface area contributed by atoms with Gasteiger partial charge in [0.15, 0.2) is 0 Å². The van der Waals surface area contributed by atoms with Crippen molar-refractivity contribution in [2.75, 3.05) is 13.2 Å². The van der Waals surface area contributed by atoms with E-state index >= 15 is 0 Å². The monoisotopic (exact) mass is 347 g/mol. The van der Waals surface area contributed by atoms with Gasteiger partial charge in [0, 0.05) is 12.3 Å². The zero-order chi connectivity index (χ0) is 17.1. The molecule has 0 spiro atoms. The fourth-order valence-corrected chi connectivity index (χ4v) is 3.52. The minimum atomic E-state index is -1.29. The minimum Gasteiger partial charge on any atom is -0.463 e. The maximum Gasteiger partial charge on any atom is 0.329 e. The number of rotatable bonds is 5. The summed E-state index contributed by atoms with van der Waals surface area (Å²) in [6, 6.07) is -0.0598. The Hall–Kier alpha value is -1.66. The van der Waals surface area contributed by atoms with Crippen LogP contribution in [0.15, 0.2) is 21.9 Å². The van der Waals surface area contributed by atoms with Crippen LogP contribution in [0, 0.1) is 0 Å². The van der Waals surface area contributed by atoms with Crippen LogP contribution in [0.5, 0.6) is 0 Å². The van der Waals surface area contributed by atoms with Crippen LogP contribution in [-0.2, 0) is 9.53 Å². The molecule has 0 saturated carbocycles. The van der Waals surface area contributed by atoms with E-state index in [-0.39, 0.29) is 6.61 Å². The molecule has 0 aliphatic carbocycles. The first-order valence-corrected chi connectivity index (χ1v) is 7.65. The lowest BCUT2D eigenvalue weighted by Gasteiger charge is -2.17. The van der Waals surface area contributed by atoms with Crippen LogP contribution < -0.4 is 17.0 Å². The summed E-state index contributed by atoms with van der Waals surface area (Å²) in [6.07, 6.45) is -1.33. The molecule has 0 aromatic carbocycles. The van der Waals surface area contributed by atoms with Crippen LogP contribution >= 0.6 is 11.8 Å². The second kappa shape index (κ2) is 7.27. The number of hydrogen-bond acceptors (Lipinski definition) is 9. The van der Waals surface area contributed by atoms with E-state index in [0.29, 0.717) is 0 Å². The minimum absolute atomic E-state index is 0.246. The highest BCUT2D eigenvalue weighted by atomic mass is 32.2. The maximum atomic E-state index is 11.8. The molecule has 23 heavy (non-hydrogen) atoms. The molecule has 0 radical (unpaired) electrons. The third-order valence-electron chi connectivity index (χ3n) is 3.35. The van der Waals surface area contributed by atoms with Gasteiger partial charge >= 0.3 is 11.7 Å². The highest BCUT2D eigenvalue weighted by Crippen LogP contribution is 2.41. The highest BCUT2D eigenvalue weighted by Gasteiger charge is 2.44. The number of esters is 1. The van der Waals surface area contributed by atoms with Gasteiger partial charge in [-0.15, -0.1) is 11.8 Å². The first kappa shape index (κ1) is 17.7. The molecule has 1 saturated heterocycles. The average molecular weight is 347 g/mol. The van der Waals surface area contributed by atoms with E-state index in [1.807, 2.05) is 0 Å². The van der Waals surface area contributed by atoms with Gasteiger partial charge in [-0.2, -0.15) is 0 Å². The Morgan fingerprint density at radius 2 is 2.13 bits per heavy atom. The number of aromatic nitrogens is 2. The molecule has 1 fully saturated rings. The molecule has 2 heterocycles. The van der Waals surface area contributed by atoms with Crippen LogP contribution in [-0.4, -0.2) is 67.6 Å². The number of aliphatic hydroxyl groups excluding tert-OH is 3. The number of H-pyrrole nitrogens is 1. The molecule has 6 N–H and O–H groups in total. The Morgan fingerprint density at radius 1 is 1.43 bits per heavy atom. The lowest BCUT2D eigenvalue weighted by Crippen LogP contribution is -2.39. The first-order valence-electron chi connectivity index (χ1n) is 6.71. The number of thioether (sulfide) groups is 1. The maximum absolute atomic E-state index is 11.8. The Balaban J connectivity index is 2.07. The van der Waals surface area contributed by atoms with E-state index in [0.717, 1.165) is 22.4 Å². The molecule has 1 aliphatic heterocycles. The Kier molecular flexibility index (Phi) is 5.59. The van der Waals surface area contributed by atoms with Gasteiger partial charge < -0.3 is 25.8 Å². The van der Waals surface area contributed by atoms with Crippen molar-refractivity contribution in [1.82, 2.24) is 9.55 Å². The normalized spacial score (nSPS) is 28.5. The first-order chi connectivity index (χ1) is 10.8. The van der Waals surface area contributed by atoms with Gasteiger partial charge in [0.05, 0.1) is 18.0 Å². The molecule has 1 aromatic rings. The fraction of sp³-hybridized carbons (Fsp3) is 0.583. The summed E-state index contributed by atoms with van der Waals surface area (Å²) < 4.78 is 5.95. The summed E-state index contributed by atoms with van der Waals surface area (Å²) >= 11 is 1.02. The Morgan fingerprint density at radius 3 is 2.74 bits per heavy atom. The van der Waals surface area contributed by atoms with Crippen molar-refractivity contribution in [1.29, 1.82) is 0 Å². The van der Waals surface area contributed by atoms with Crippen molar-refractivity contribution >= 4 is 17.7 Å². The standard InChI is InChI=1S/C12H17N3O7S/c13-5(3-16)11(20)22-4-6-8(18)9(19)10(23-6)15-2-1-7(17)14-12(15)21/h1-2,5-6,8-10,16,18-19H,3-4,13H2,(H,14,17,21)/t5-,6-,8?,9?,10-/m1/s1. The summed E-state index contributed by atoms with van der Waals surface area (Å²) in [4.78, 5) is 36.3. The summed E-state index contributed by atoms with van der Waals surface area (Å²) in [7, 11) is 0. The van der Waals surface area contributed by atoms with E-state index < -0.39 is 52.7 Å². The van der Waals surface area contributed by atoms with Crippen LogP contribution in [0.4, 0.5) is 0 Å². The highest BCUT2D eigenvalue weighted by molar-refractivity contribution is 8.00. The average Bonchev–Trinajstić information content (AvgIpc) is 2.80. The van der Waals surface area contributed by atoms with E-state index in [1.165, 1.54) is 6.20 Å². The molecule has 0 amide bonds. The molecule has 128 valence electrons. The van der Waals surface area contributed by atoms with Crippen LogP contribution in [0.1, 0.15) is 5.37 Å². The molecule has 10 nitrogen and oxygen atoms in total. The molecule has 11 heteroatoms. The number of nitrogens with one attached hydrogen (secondary N) is 1. The lowest BCUT2D eigenvalue weighted by atomic mass is 10.1. The summed E-state index contributed by atoms with van der Waals surface area (Å²) in [6.45, 7) is -0.818. The largest absolute Gasteiger partial charge is 0.463 e. The van der Waals surface area contributed by atoms with Gasteiger partial charge in [0.2, 0.25) is 0 Å². The zero-order valence-corrected chi connectivity index (χ0v) is 12.7. The summed E-state index contributed by atoms with van der Waals surface area (Å²) in [5, 5.41) is 27.3. The van der Waals surface area contributed by atoms with Gasteiger partial charge in [-0.1, -0.05) is 0 Å². The van der Waals surface area contributed by atoms with Crippen molar-refractivity contribution in [3.8, 4) is 0 Å². The number of nitrogens with two attached hydrogens (primary N) is 1.